The van der Waals surface area contributed by atoms with Crippen molar-refractivity contribution >= 4 is 34.8 Å². The zero-order valence-electron chi connectivity index (χ0n) is 8.54. The Morgan fingerprint density at radius 2 is 1.75 bits per heavy atom. The van der Waals surface area contributed by atoms with Crippen LogP contribution in [-0.4, -0.2) is 25.4 Å². The number of hydrogen-bond acceptors (Lipinski definition) is 3. The maximum Gasteiger partial charge on any atom is 0.184 e. The van der Waals surface area contributed by atoms with Gasteiger partial charge in [0, 0.05) is 17.7 Å². The van der Waals surface area contributed by atoms with Gasteiger partial charge in [0.25, 0.3) is 0 Å². The molecule has 0 aliphatic carbocycles. The lowest BCUT2D eigenvalue weighted by Crippen LogP contribution is -2.09. The normalized spacial score (nSPS) is 12.8. The number of aliphatic hydroxyl groups excluding tert-OH is 1. The van der Waals surface area contributed by atoms with E-state index in [1.807, 2.05) is 0 Å². The van der Waals surface area contributed by atoms with E-state index in [-0.39, 0.29) is 16.7 Å². The van der Waals surface area contributed by atoms with Crippen LogP contribution in [0, 0.1) is 0 Å². The molecule has 1 atom stereocenters. The molecule has 0 bridgehead atoms. The largest absolute Gasteiger partial charge is 0.382 e. The third kappa shape index (κ3) is 3.77. The fourth-order valence-electron chi connectivity index (χ4n) is 1.12. The third-order valence-corrected chi connectivity index (χ3v) is 2.70. The van der Waals surface area contributed by atoms with Gasteiger partial charge in [-0.05, 0) is 12.1 Å². The molecule has 1 unspecified atom stereocenters. The molecule has 0 aliphatic rings. The molecule has 0 saturated heterocycles. The summed E-state index contributed by atoms with van der Waals surface area (Å²) >= 11 is 17.5. The van der Waals surface area contributed by atoms with E-state index in [0.29, 0.717) is 17.2 Å². The third-order valence-electron chi connectivity index (χ3n) is 1.85. The molecule has 1 rings (SSSR count). The fraction of sp³-hybridized carbons (Fsp3) is 0.400. The molecule has 1 aromatic rings. The number of hydrogen-bond donors (Lipinski definition) is 1. The van der Waals surface area contributed by atoms with E-state index in [1.165, 1.54) is 19.2 Å². The molecule has 0 radical (unpaired) electrons. The Morgan fingerprint density at radius 1 is 1.19 bits per heavy atom. The van der Waals surface area contributed by atoms with E-state index in [9.17, 15) is 5.11 Å². The minimum Gasteiger partial charge on any atom is -0.382 e. The molecular formula is C10H11Cl3O3. The van der Waals surface area contributed by atoms with Gasteiger partial charge in [-0.2, -0.15) is 0 Å². The SMILES string of the molecule is COCCOC(O)c1c(Cl)cc(Cl)cc1Cl. The summed E-state index contributed by atoms with van der Waals surface area (Å²) in [5.74, 6) is 0. The highest BCUT2D eigenvalue weighted by molar-refractivity contribution is 6.39. The standard InChI is InChI=1S/C10H11Cl3O3/c1-15-2-3-16-10(14)9-7(12)4-6(11)5-8(9)13/h4-5,10,14H,2-3H2,1H3. The van der Waals surface area contributed by atoms with E-state index in [2.05, 4.69) is 0 Å². The van der Waals surface area contributed by atoms with Crippen molar-refractivity contribution in [2.45, 2.75) is 6.29 Å². The maximum atomic E-state index is 9.71. The summed E-state index contributed by atoms with van der Waals surface area (Å²) in [5.41, 5.74) is 0.309. The highest BCUT2D eigenvalue weighted by atomic mass is 35.5. The molecule has 0 amide bonds. The Labute approximate surface area is 109 Å². The van der Waals surface area contributed by atoms with Crippen LogP contribution >= 0.6 is 34.8 Å². The lowest BCUT2D eigenvalue weighted by molar-refractivity contribution is -0.113. The molecular weight excluding hydrogens is 274 g/mol. The van der Waals surface area contributed by atoms with E-state index in [1.54, 1.807) is 0 Å². The van der Waals surface area contributed by atoms with E-state index in [0.717, 1.165) is 0 Å². The van der Waals surface area contributed by atoms with Gasteiger partial charge in [0.2, 0.25) is 0 Å². The number of ether oxygens (including phenoxy) is 2. The quantitative estimate of drug-likeness (QED) is 0.666. The van der Waals surface area contributed by atoms with Gasteiger partial charge in [-0.1, -0.05) is 34.8 Å². The molecule has 16 heavy (non-hydrogen) atoms. The van der Waals surface area contributed by atoms with E-state index in [4.69, 9.17) is 44.3 Å². The van der Waals surface area contributed by atoms with Crippen molar-refractivity contribution < 1.29 is 14.6 Å². The highest BCUT2D eigenvalue weighted by Crippen LogP contribution is 2.33. The van der Waals surface area contributed by atoms with Crippen LogP contribution in [0.1, 0.15) is 11.9 Å². The van der Waals surface area contributed by atoms with Gasteiger partial charge in [-0.25, -0.2) is 0 Å². The Morgan fingerprint density at radius 3 is 2.25 bits per heavy atom. The van der Waals surface area contributed by atoms with Crippen LogP contribution in [0.25, 0.3) is 0 Å². The van der Waals surface area contributed by atoms with E-state index >= 15 is 0 Å². The molecule has 0 aromatic heterocycles. The minimum absolute atomic E-state index is 0.243. The molecule has 0 fully saturated rings. The highest BCUT2D eigenvalue weighted by Gasteiger charge is 2.16. The number of rotatable bonds is 5. The van der Waals surface area contributed by atoms with Crippen LogP contribution < -0.4 is 0 Å². The van der Waals surface area contributed by atoms with Gasteiger partial charge in [0.1, 0.15) is 0 Å². The Bertz CT molecular complexity index is 334. The zero-order valence-corrected chi connectivity index (χ0v) is 10.8. The molecule has 0 spiro atoms. The molecule has 6 heteroatoms. The number of methoxy groups -OCH3 is 1. The topological polar surface area (TPSA) is 38.7 Å². The monoisotopic (exact) mass is 284 g/mol. The van der Waals surface area contributed by atoms with Crippen LogP contribution in [0.5, 0.6) is 0 Å². The van der Waals surface area contributed by atoms with Gasteiger partial charge < -0.3 is 14.6 Å². The van der Waals surface area contributed by atoms with Crippen LogP contribution in [0.4, 0.5) is 0 Å². The van der Waals surface area contributed by atoms with Crippen LogP contribution in [0.15, 0.2) is 12.1 Å². The summed E-state index contributed by atoms with van der Waals surface area (Å²) in [6, 6.07) is 2.99. The van der Waals surface area contributed by atoms with Gasteiger partial charge in [-0.15, -0.1) is 0 Å². The Hall–Kier alpha value is -0.0300. The van der Waals surface area contributed by atoms with Gasteiger partial charge in [0.05, 0.1) is 23.3 Å². The second-order valence-electron chi connectivity index (χ2n) is 3.00. The molecule has 0 saturated carbocycles. The van der Waals surface area contributed by atoms with Crippen molar-refractivity contribution in [3.8, 4) is 0 Å². The molecule has 1 aromatic carbocycles. The van der Waals surface area contributed by atoms with Crippen molar-refractivity contribution in [1.82, 2.24) is 0 Å². The second kappa shape index (κ2) is 6.64. The van der Waals surface area contributed by atoms with Crippen LogP contribution in [0.2, 0.25) is 15.1 Å². The lowest BCUT2D eigenvalue weighted by Gasteiger charge is -2.15. The first-order valence-electron chi connectivity index (χ1n) is 4.49. The molecule has 0 heterocycles. The molecule has 90 valence electrons. The van der Waals surface area contributed by atoms with E-state index < -0.39 is 6.29 Å². The van der Waals surface area contributed by atoms with Gasteiger partial charge in [0.15, 0.2) is 6.29 Å². The summed E-state index contributed by atoms with van der Waals surface area (Å²) < 4.78 is 9.87. The first-order valence-corrected chi connectivity index (χ1v) is 5.62. The lowest BCUT2D eigenvalue weighted by atomic mass is 10.2. The maximum absolute atomic E-state index is 9.71. The van der Waals surface area contributed by atoms with Gasteiger partial charge in [-0.3, -0.25) is 0 Å². The van der Waals surface area contributed by atoms with Crippen molar-refractivity contribution in [2.75, 3.05) is 20.3 Å². The fourth-order valence-corrected chi connectivity index (χ4v) is 2.12. The van der Waals surface area contributed by atoms with Crippen molar-refractivity contribution in [3.05, 3.63) is 32.8 Å². The van der Waals surface area contributed by atoms with Crippen LogP contribution in [0.3, 0.4) is 0 Å². The Balaban J connectivity index is 2.78. The summed E-state index contributed by atoms with van der Waals surface area (Å²) in [6.07, 6.45) is -1.19. The predicted molar refractivity (Wildman–Crippen MR) is 64.3 cm³/mol. The first kappa shape index (κ1) is 14.0. The summed E-state index contributed by atoms with van der Waals surface area (Å²) in [7, 11) is 1.54. The average Bonchev–Trinajstić information content (AvgIpc) is 2.16. The summed E-state index contributed by atoms with van der Waals surface area (Å²) in [5, 5.41) is 10.6. The number of aliphatic hydroxyl groups is 1. The number of halogens is 3. The second-order valence-corrected chi connectivity index (χ2v) is 4.25. The number of benzene rings is 1. The van der Waals surface area contributed by atoms with Crippen molar-refractivity contribution in [1.29, 1.82) is 0 Å². The van der Waals surface area contributed by atoms with Crippen molar-refractivity contribution in [3.63, 3.8) is 0 Å². The van der Waals surface area contributed by atoms with Crippen LogP contribution in [-0.2, 0) is 9.47 Å². The minimum atomic E-state index is -1.19. The van der Waals surface area contributed by atoms with Gasteiger partial charge >= 0.3 is 0 Å². The van der Waals surface area contributed by atoms with Crippen molar-refractivity contribution in [2.24, 2.45) is 0 Å². The Kier molecular flexibility index (Phi) is 5.83. The summed E-state index contributed by atoms with van der Waals surface area (Å²) in [6.45, 7) is 0.618. The predicted octanol–water partition coefficient (Wildman–Crippen LogP) is 3.30. The molecule has 1 N–H and O–H groups in total. The first-order chi connectivity index (χ1) is 7.56. The molecule has 0 aliphatic heterocycles. The zero-order chi connectivity index (χ0) is 12.1. The average molecular weight is 286 g/mol. The molecule has 3 nitrogen and oxygen atoms in total. The smallest absolute Gasteiger partial charge is 0.184 e. The summed E-state index contributed by atoms with van der Waals surface area (Å²) in [4.78, 5) is 0.